The first-order valence-electron chi connectivity index (χ1n) is 15.6. The van der Waals surface area contributed by atoms with E-state index >= 15 is 0 Å². The molecule has 3 aromatic rings. The summed E-state index contributed by atoms with van der Waals surface area (Å²) < 4.78 is 18.7. The molecule has 0 saturated carbocycles. The Balaban J connectivity index is 1.52. The first-order valence-corrected chi connectivity index (χ1v) is 15.6. The quantitative estimate of drug-likeness (QED) is 0.242. The highest BCUT2D eigenvalue weighted by molar-refractivity contribution is 5.97. The number of carbonyl (C=O) groups is 3. The van der Waals surface area contributed by atoms with Crippen LogP contribution in [0.2, 0.25) is 0 Å². The van der Waals surface area contributed by atoms with Crippen molar-refractivity contribution in [1.29, 1.82) is 0 Å². The van der Waals surface area contributed by atoms with Crippen molar-refractivity contribution in [2.45, 2.75) is 71.0 Å². The predicted octanol–water partition coefficient (Wildman–Crippen LogP) is 5.21. The molecule has 240 valence electrons. The lowest BCUT2D eigenvalue weighted by molar-refractivity contribution is -0.119. The van der Waals surface area contributed by atoms with Crippen LogP contribution >= 0.6 is 0 Å². The molecular formula is C35H44FN5O4. The molecule has 2 aromatic carbocycles. The maximum absolute atomic E-state index is 13.7. The average Bonchev–Trinajstić information content (AvgIpc) is 3.48. The number of hydrogen-bond acceptors (Lipinski definition) is 6. The number of rotatable bonds is 13. The largest absolute Gasteiger partial charge is 0.497 e. The highest BCUT2D eigenvalue weighted by atomic mass is 19.1. The number of methoxy groups -OCH3 is 1. The van der Waals surface area contributed by atoms with Gasteiger partial charge in [-0.05, 0) is 67.9 Å². The summed E-state index contributed by atoms with van der Waals surface area (Å²) in [6, 6.07) is 17.2. The monoisotopic (exact) mass is 617 g/mol. The molecule has 0 aliphatic carbocycles. The van der Waals surface area contributed by atoms with Crippen LogP contribution in [0.1, 0.15) is 73.0 Å². The number of ether oxygens (including phenoxy) is 1. The molecule has 0 radical (unpaired) electrons. The van der Waals surface area contributed by atoms with E-state index in [1.165, 1.54) is 37.4 Å². The Bertz CT molecular complexity index is 1450. The molecule has 3 amide bonds. The van der Waals surface area contributed by atoms with Gasteiger partial charge in [0.2, 0.25) is 5.91 Å². The lowest BCUT2D eigenvalue weighted by atomic mass is 9.92. The number of nitrogens with one attached hydrogen (secondary N) is 2. The zero-order valence-corrected chi connectivity index (χ0v) is 26.5. The van der Waals surface area contributed by atoms with E-state index in [1.54, 1.807) is 13.0 Å². The summed E-state index contributed by atoms with van der Waals surface area (Å²) in [5.41, 5.74) is 8.31. The van der Waals surface area contributed by atoms with E-state index in [0.717, 1.165) is 24.8 Å². The molecule has 1 aromatic heterocycles. The normalized spacial score (nSPS) is 16.6. The van der Waals surface area contributed by atoms with Gasteiger partial charge in [-0.2, -0.15) is 0 Å². The topological polar surface area (TPSA) is 127 Å². The van der Waals surface area contributed by atoms with Gasteiger partial charge in [0.25, 0.3) is 11.8 Å². The first-order chi connectivity index (χ1) is 21.5. The summed E-state index contributed by atoms with van der Waals surface area (Å²) in [5.74, 6) is -1.07. The minimum Gasteiger partial charge on any atom is -0.497 e. The third-order valence-electron chi connectivity index (χ3n) is 8.18. The molecular weight excluding hydrogens is 573 g/mol. The van der Waals surface area contributed by atoms with Crippen molar-refractivity contribution < 1.29 is 23.5 Å². The van der Waals surface area contributed by atoms with Crippen LogP contribution in [0.3, 0.4) is 0 Å². The summed E-state index contributed by atoms with van der Waals surface area (Å²) in [4.78, 5) is 46.5. The van der Waals surface area contributed by atoms with Gasteiger partial charge in [0.05, 0.1) is 7.11 Å². The first kappa shape index (κ1) is 33.6. The van der Waals surface area contributed by atoms with Gasteiger partial charge in [0, 0.05) is 48.4 Å². The van der Waals surface area contributed by atoms with Crippen molar-refractivity contribution in [3.63, 3.8) is 0 Å². The second-order valence-corrected chi connectivity index (χ2v) is 12.3. The maximum atomic E-state index is 13.7. The molecule has 0 unspecified atom stereocenters. The van der Waals surface area contributed by atoms with Crippen molar-refractivity contribution >= 4 is 23.4 Å². The summed E-state index contributed by atoms with van der Waals surface area (Å²) in [6.07, 6.45) is 3.47. The fourth-order valence-corrected chi connectivity index (χ4v) is 5.79. The van der Waals surface area contributed by atoms with Crippen molar-refractivity contribution in [2.75, 3.05) is 19.0 Å². The van der Waals surface area contributed by atoms with Gasteiger partial charge in [0.15, 0.2) is 0 Å². The van der Waals surface area contributed by atoms with Crippen LogP contribution in [0.15, 0.2) is 66.7 Å². The van der Waals surface area contributed by atoms with Gasteiger partial charge in [-0.1, -0.05) is 51.1 Å². The summed E-state index contributed by atoms with van der Waals surface area (Å²) in [5, 5.41) is 5.81. The third kappa shape index (κ3) is 9.34. The number of nitrogens with zero attached hydrogens (tertiary/aromatic N) is 2. The molecule has 10 heteroatoms. The Morgan fingerprint density at radius 2 is 1.73 bits per heavy atom. The lowest BCUT2D eigenvalue weighted by Crippen LogP contribution is -2.50. The lowest BCUT2D eigenvalue weighted by Gasteiger charge is -2.28. The minimum absolute atomic E-state index is 0.0460. The molecule has 4 atom stereocenters. The molecule has 4 rings (SSSR count). The second kappa shape index (κ2) is 15.6. The average molecular weight is 618 g/mol. The van der Waals surface area contributed by atoms with Crippen molar-refractivity contribution in [3.05, 3.63) is 89.5 Å². The van der Waals surface area contributed by atoms with E-state index in [2.05, 4.69) is 29.5 Å². The molecule has 0 bridgehead atoms. The van der Waals surface area contributed by atoms with Crippen LogP contribution in [0.5, 0.6) is 5.75 Å². The number of halogens is 1. The van der Waals surface area contributed by atoms with Crippen LogP contribution < -0.4 is 21.1 Å². The summed E-state index contributed by atoms with van der Waals surface area (Å²) in [7, 11) is 1.48. The number of pyridine rings is 1. The number of nitrogens with two attached hydrogens (primary N) is 1. The Hall–Kier alpha value is -4.31. The van der Waals surface area contributed by atoms with Crippen molar-refractivity contribution in [3.8, 4) is 5.75 Å². The number of aromatic nitrogens is 1. The molecule has 1 aliphatic rings. The van der Waals surface area contributed by atoms with Gasteiger partial charge in [-0.25, -0.2) is 9.37 Å². The Labute approximate surface area is 264 Å². The van der Waals surface area contributed by atoms with Crippen LogP contribution in [-0.2, 0) is 11.2 Å². The van der Waals surface area contributed by atoms with Gasteiger partial charge in [-0.3, -0.25) is 14.4 Å². The Morgan fingerprint density at radius 3 is 2.40 bits per heavy atom. The SMILES string of the molecule is COc1cc(C(=O)N[C@@H](Cc2ccccc2)[C@@H](N)C[C@@H](C)C(=O)Nc2ccc(F)cc2)nc(C(=O)N2CCC[C@@H]2CC(C)C)c1. The highest BCUT2D eigenvalue weighted by Gasteiger charge is 2.32. The highest BCUT2D eigenvalue weighted by Crippen LogP contribution is 2.26. The zero-order valence-electron chi connectivity index (χ0n) is 26.5. The van der Waals surface area contributed by atoms with Gasteiger partial charge in [-0.15, -0.1) is 0 Å². The van der Waals surface area contributed by atoms with Gasteiger partial charge < -0.3 is 26.0 Å². The number of benzene rings is 2. The molecule has 1 saturated heterocycles. The third-order valence-corrected chi connectivity index (χ3v) is 8.18. The van der Waals surface area contributed by atoms with Crippen LogP contribution in [0, 0.1) is 17.7 Å². The second-order valence-electron chi connectivity index (χ2n) is 12.3. The van der Waals surface area contributed by atoms with Crippen molar-refractivity contribution in [1.82, 2.24) is 15.2 Å². The van der Waals surface area contributed by atoms with E-state index < -0.39 is 29.7 Å². The Kier molecular flexibility index (Phi) is 11.6. The fourth-order valence-electron chi connectivity index (χ4n) is 5.79. The van der Waals surface area contributed by atoms with E-state index in [-0.39, 0.29) is 35.7 Å². The van der Waals surface area contributed by atoms with Gasteiger partial charge in [0.1, 0.15) is 23.0 Å². The van der Waals surface area contributed by atoms with Gasteiger partial charge >= 0.3 is 0 Å². The Morgan fingerprint density at radius 1 is 1.04 bits per heavy atom. The number of anilines is 1. The fraction of sp³-hybridized carbons (Fsp3) is 0.429. The number of likely N-dealkylation sites (tertiary alicyclic amines) is 1. The predicted molar refractivity (Wildman–Crippen MR) is 172 cm³/mol. The minimum atomic E-state index is -0.601. The number of hydrogen-bond donors (Lipinski definition) is 3. The van der Waals surface area contributed by atoms with Crippen LogP contribution in [0.25, 0.3) is 0 Å². The van der Waals surface area contributed by atoms with Crippen LogP contribution in [0.4, 0.5) is 10.1 Å². The molecule has 4 N–H and O–H groups in total. The van der Waals surface area contributed by atoms with Crippen LogP contribution in [-0.4, -0.2) is 59.4 Å². The van der Waals surface area contributed by atoms with E-state index in [0.29, 0.717) is 30.3 Å². The molecule has 0 spiro atoms. The number of carbonyl (C=O) groups excluding carboxylic acids is 3. The smallest absolute Gasteiger partial charge is 0.272 e. The maximum Gasteiger partial charge on any atom is 0.272 e. The molecule has 1 fully saturated rings. The molecule has 2 heterocycles. The summed E-state index contributed by atoms with van der Waals surface area (Å²) in [6.45, 7) is 6.69. The van der Waals surface area contributed by atoms with E-state index in [9.17, 15) is 18.8 Å². The zero-order chi connectivity index (χ0) is 32.5. The van der Waals surface area contributed by atoms with E-state index in [1.807, 2.05) is 35.2 Å². The van der Waals surface area contributed by atoms with Crippen molar-refractivity contribution in [2.24, 2.45) is 17.6 Å². The molecule has 9 nitrogen and oxygen atoms in total. The van der Waals surface area contributed by atoms with E-state index in [4.69, 9.17) is 10.5 Å². The number of amides is 3. The summed E-state index contributed by atoms with van der Waals surface area (Å²) >= 11 is 0. The molecule has 1 aliphatic heterocycles. The molecule has 45 heavy (non-hydrogen) atoms. The standard InChI is InChI=1S/C35H44FN5O4/c1-22(2)17-27-11-8-16-41(27)35(44)32-21-28(45-4)20-31(39-32)34(43)40-30(19-24-9-6-5-7-10-24)29(37)18-23(3)33(42)38-26-14-12-25(36)13-15-26/h5-7,9-10,12-15,20-23,27,29-30H,8,11,16-19,37H2,1-4H3,(H,38,42)(H,40,43)/t23-,27-,29+,30+/m1/s1.